The second kappa shape index (κ2) is 5.37. The fourth-order valence-corrected chi connectivity index (χ4v) is 3.89. The molecule has 108 valence electrons. The molecular formula is C12H14FN3O2S2. The minimum atomic E-state index is -4.09. The van der Waals surface area contributed by atoms with Crippen LogP contribution in [0.2, 0.25) is 0 Å². The lowest BCUT2D eigenvalue weighted by Gasteiger charge is -2.08. The number of hydrogen-bond donors (Lipinski definition) is 2. The van der Waals surface area contributed by atoms with E-state index in [-0.39, 0.29) is 16.7 Å². The fraction of sp³-hybridized carbons (Fsp3) is 0.250. The smallest absolute Gasteiger partial charge is 0.268 e. The molecule has 1 aromatic heterocycles. The van der Waals surface area contributed by atoms with E-state index in [0.717, 1.165) is 23.1 Å². The molecule has 1 heterocycles. The summed E-state index contributed by atoms with van der Waals surface area (Å²) in [6, 6.07) is 3.73. The monoisotopic (exact) mass is 315 g/mol. The van der Waals surface area contributed by atoms with E-state index in [1.165, 1.54) is 12.1 Å². The summed E-state index contributed by atoms with van der Waals surface area (Å²) in [6.45, 7) is 3.89. The Kier molecular flexibility index (Phi) is 3.96. The predicted molar refractivity (Wildman–Crippen MR) is 77.8 cm³/mol. The lowest BCUT2D eigenvalue weighted by Crippen LogP contribution is -2.16. The van der Waals surface area contributed by atoms with Crippen LogP contribution in [0.15, 0.2) is 28.5 Å². The quantitative estimate of drug-likeness (QED) is 0.850. The molecule has 0 aliphatic carbocycles. The topological polar surface area (TPSA) is 85.1 Å². The highest BCUT2D eigenvalue weighted by molar-refractivity contribution is 7.93. The normalized spacial score (nSPS) is 11.8. The number of nitrogens with one attached hydrogen (secondary N) is 1. The second-order valence-electron chi connectivity index (χ2n) is 4.50. The molecular weight excluding hydrogens is 301 g/mol. The molecule has 20 heavy (non-hydrogen) atoms. The van der Waals surface area contributed by atoms with Gasteiger partial charge in [-0.3, -0.25) is 4.72 Å². The van der Waals surface area contributed by atoms with Crippen molar-refractivity contribution in [2.24, 2.45) is 0 Å². The first kappa shape index (κ1) is 14.7. The number of halogens is 1. The number of nitrogens with two attached hydrogens (primary N) is 1. The molecule has 5 nitrogen and oxygen atoms in total. The third-order valence-electron chi connectivity index (χ3n) is 2.60. The number of nitrogen functional groups attached to an aromatic ring is 1. The fourth-order valence-electron chi connectivity index (χ4n) is 1.57. The lowest BCUT2D eigenvalue weighted by atomic mass is 10.2. The molecule has 0 spiro atoms. The van der Waals surface area contributed by atoms with Gasteiger partial charge in [0.15, 0.2) is 5.13 Å². The van der Waals surface area contributed by atoms with Gasteiger partial charge in [-0.15, -0.1) is 11.3 Å². The number of anilines is 2. The van der Waals surface area contributed by atoms with Crippen LogP contribution in [0.4, 0.5) is 15.2 Å². The summed E-state index contributed by atoms with van der Waals surface area (Å²) < 4.78 is 40.2. The SMILES string of the molecule is CC(C)c1csc(NS(=O)(=O)c2c(N)cccc2F)n1. The van der Waals surface area contributed by atoms with Crippen LogP contribution >= 0.6 is 11.3 Å². The van der Waals surface area contributed by atoms with E-state index in [0.29, 0.717) is 0 Å². The highest BCUT2D eigenvalue weighted by atomic mass is 32.2. The Morgan fingerprint density at radius 3 is 2.65 bits per heavy atom. The van der Waals surface area contributed by atoms with Gasteiger partial charge in [0.1, 0.15) is 10.7 Å². The van der Waals surface area contributed by atoms with Crippen LogP contribution in [0.3, 0.4) is 0 Å². The largest absolute Gasteiger partial charge is 0.398 e. The van der Waals surface area contributed by atoms with Gasteiger partial charge in [0.2, 0.25) is 0 Å². The van der Waals surface area contributed by atoms with E-state index in [1.807, 2.05) is 13.8 Å². The summed E-state index contributed by atoms with van der Waals surface area (Å²) in [5, 5.41) is 1.95. The maximum absolute atomic E-state index is 13.7. The van der Waals surface area contributed by atoms with Gasteiger partial charge in [0, 0.05) is 5.38 Å². The van der Waals surface area contributed by atoms with Gasteiger partial charge in [-0.05, 0) is 18.1 Å². The number of nitrogens with zero attached hydrogens (tertiary/aromatic N) is 1. The van der Waals surface area contributed by atoms with E-state index in [2.05, 4.69) is 9.71 Å². The summed E-state index contributed by atoms with van der Waals surface area (Å²) in [4.78, 5) is 3.59. The molecule has 0 unspecified atom stereocenters. The lowest BCUT2D eigenvalue weighted by molar-refractivity contribution is 0.572. The van der Waals surface area contributed by atoms with E-state index in [4.69, 9.17) is 5.73 Å². The molecule has 1 aromatic carbocycles. The van der Waals surface area contributed by atoms with E-state index in [1.54, 1.807) is 5.38 Å². The van der Waals surface area contributed by atoms with E-state index in [9.17, 15) is 12.8 Å². The molecule has 0 fully saturated rings. The highest BCUT2D eigenvalue weighted by Crippen LogP contribution is 2.27. The maximum atomic E-state index is 13.7. The third-order valence-corrected chi connectivity index (χ3v) is 4.94. The van der Waals surface area contributed by atoms with Crippen LogP contribution in [0, 0.1) is 5.82 Å². The number of aromatic nitrogens is 1. The Morgan fingerprint density at radius 1 is 1.40 bits per heavy atom. The third kappa shape index (κ3) is 2.91. The first-order chi connectivity index (χ1) is 9.31. The van der Waals surface area contributed by atoms with Crippen molar-refractivity contribution in [3.05, 3.63) is 35.1 Å². The molecule has 0 aliphatic rings. The number of rotatable bonds is 4. The average molecular weight is 315 g/mol. The molecule has 0 aliphatic heterocycles. The zero-order chi connectivity index (χ0) is 14.9. The molecule has 0 radical (unpaired) electrons. The van der Waals surface area contributed by atoms with Crippen LogP contribution in [0.1, 0.15) is 25.5 Å². The summed E-state index contributed by atoms with van der Waals surface area (Å²) in [5.74, 6) is -0.707. The number of sulfonamides is 1. The van der Waals surface area contributed by atoms with Crippen molar-refractivity contribution in [2.45, 2.75) is 24.7 Å². The standard InChI is InChI=1S/C12H14FN3O2S2/c1-7(2)10-6-19-12(15-10)16-20(17,18)11-8(13)4-3-5-9(11)14/h3-7H,14H2,1-2H3,(H,15,16). The maximum Gasteiger partial charge on any atom is 0.268 e. The molecule has 0 bridgehead atoms. The van der Waals surface area contributed by atoms with Crippen LogP contribution in [0.5, 0.6) is 0 Å². The number of benzene rings is 1. The van der Waals surface area contributed by atoms with Gasteiger partial charge < -0.3 is 5.73 Å². The van der Waals surface area contributed by atoms with Crippen molar-refractivity contribution in [1.82, 2.24) is 4.98 Å². The van der Waals surface area contributed by atoms with Crippen LogP contribution in [-0.2, 0) is 10.0 Å². The Morgan fingerprint density at radius 2 is 2.10 bits per heavy atom. The molecule has 8 heteroatoms. The Bertz CT molecular complexity index is 706. The van der Waals surface area contributed by atoms with Crippen molar-refractivity contribution in [3.63, 3.8) is 0 Å². The Labute approximate surface area is 120 Å². The Balaban J connectivity index is 2.36. The van der Waals surface area contributed by atoms with E-state index >= 15 is 0 Å². The summed E-state index contributed by atoms with van der Waals surface area (Å²) in [6.07, 6.45) is 0. The van der Waals surface area contributed by atoms with Gasteiger partial charge in [0.25, 0.3) is 10.0 Å². The zero-order valence-corrected chi connectivity index (χ0v) is 12.6. The summed E-state index contributed by atoms with van der Waals surface area (Å²) in [5.41, 5.74) is 6.17. The first-order valence-corrected chi connectivity index (χ1v) is 8.20. The van der Waals surface area contributed by atoms with Gasteiger partial charge in [-0.25, -0.2) is 17.8 Å². The first-order valence-electron chi connectivity index (χ1n) is 5.83. The molecule has 0 saturated heterocycles. The summed E-state index contributed by atoms with van der Waals surface area (Å²) in [7, 11) is -4.09. The van der Waals surface area contributed by atoms with Crippen LogP contribution in [0.25, 0.3) is 0 Å². The van der Waals surface area contributed by atoms with Gasteiger partial charge in [-0.2, -0.15) is 0 Å². The van der Waals surface area contributed by atoms with Crippen molar-refractivity contribution < 1.29 is 12.8 Å². The van der Waals surface area contributed by atoms with Gasteiger partial charge >= 0.3 is 0 Å². The molecule has 0 amide bonds. The minimum Gasteiger partial charge on any atom is -0.398 e. The summed E-state index contributed by atoms with van der Waals surface area (Å²) >= 11 is 1.15. The van der Waals surface area contributed by atoms with Crippen molar-refractivity contribution in [3.8, 4) is 0 Å². The van der Waals surface area contributed by atoms with Crippen molar-refractivity contribution in [2.75, 3.05) is 10.5 Å². The number of hydrogen-bond acceptors (Lipinski definition) is 5. The molecule has 2 aromatic rings. The Hall–Kier alpha value is -1.67. The van der Waals surface area contributed by atoms with Crippen molar-refractivity contribution >= 4 is 32.2 Å². The minimum absolute atomic E-state index is 0.141. The molecule has 0 saturated carbocycles. The zero-order valence-electron chi connectivity index (χ0n) is 10.9. The van der Waals surface area contributed by atoms with E-state index < -0.39 is 20.7 Å². The van der Waals surface area contributed by atoms with Gasteiger partial charge in [-0.1, -0.05) is 19.9 Å². The van der Waals surface area contributed by atoms with Crippen molar-refractivity contribution in [1.29, 1.82) is 0 Å². The average Bonchev–Trinajstić information content (AvgIpc) is 2.76. The molecule has 2 rings (SSSR count). The predicted octanol–water partition coefficient (Wildman–Crippen LogP) is 2.79. The second-order valence-corrected chi connectivity index (χ2v) is 6.97. The molecule has 0 atom stereocenters. The van der Waals surface area contributed by atoms with Gasteiger partial charge in [0.05, 0.1) is 11.4 Å². The highest BCUT2D eigenvalue weighted by Gasteiger charge is 2.23. The molecule has 3 N–H and O–H groups in total. The van der Waals surface area contributed by atoms with Crippen LogP contribution < -0.4 is 10.5 Å². The number of thiazole rings is 1. The van der Waals surface area contributed by atoms with Crippen LogP contribution in [-0.4, -0.2) is 13.4 Å².